The van der Waals surface area contributed by atoms with Crippen LogP contribution >= 0.6 is 15.9 Å². The third-order valence-electron chi connectivity index (χ3n) is 3.51. The Balaban J connectivity index is 2.14. The Morgan fingerprint density at radius 1 is 1.52 bits per heavy atom. The monoisotopic (exact) mass is 353 g/mol. The molecule has 3 heterocycles. The van der Waals surface area contributed by atoms with Crippen molar-refractivity contribution in [3.8, 4) is 6.07 Å². The Hall–Kier alpha value is -1.73. The summed E-state index contributed by atoms with van der Waals surface area (Å²) < 4.78 is 7.25. The Morgan fingerprint density at radius 2 is 2.29 bits per heavy atom. The molecule has 4 N–H and O–H groups in total. The molecular formula is C12H12BrN5O3. The second-order valence-electron chi connectivity index (χ2n) is 4.70. The highest BCUT2D eigenvalue weighted by Gasteiger charge is 2.43. The number of rotatable bonds is 2. The van der Waals surface area contributed by atoms with E-state index in [1.54, 1.807) is 10.8 Å². The van der Waals surface area contributed by atoms with Gasteiger partial charge in [-0.15, -0.1) is 0 Å². The number of hydrogen-bond acceptors (Lipinski definition) is 7. The first kappa shape index (κ1) is 14.2. The molecule has 21 heavy (non-hydrogen) atoms. The quantitative estimate of drug-likeness (QED) is 0.642. The SMILES string of the molecule is N#Cc1cn([C@@H]2O[C@H](CO)[C@@H](O)[C@H]2Br)c2ncnc(N)c12. The second-order valence-corrected chi connectivity index (χ2v) is 5.76. The van der Waals surface area contributed by atoms with Crippen LogP contribution in [-0.2, 0) is 4.74 Å². The average molecular weight is 354 g/mol. The predicted octanol–water partition coefficient (Wildman–Crippen LogP) is -0.101. The van der Waals surface area contributed by atoms with Crippen LogP contribution in [0.3, 0.4) is 0 Å². The van der Waals surface area contributed by atoms with Gasteiger partial charge in [0, 0.05) is 6.20 Å². The van der Waals surface area contributed by atoms with Crippen molar-refractivity contribution >= 4 is 32.8 Å². The number of nitrogen functional groups attached to an aromatic ring is 1. The van der Waals surface area contributed by atoms with Crippen molar-refractivity contribution in [1.29, 1.82) is 5.26 Å². The van der Waals surface area contributed by atoms with Crippen molar-refractivity contribution in [1.82, 2.24) is 14.5 Å². The van der Waals surface area contributed by atoms with Gasteiger partial charge in [0.1, 0.15) is 30.0 Å². The summed E-state index contributed by atoms with van der Waals surface area (Å²) in [5.41, 5.74) is 6.57. The molecule has 9 heteroatoms. The van der Waals surface area contributed by atoms with E-state index in [4.69, 9.17) is 10.5 Å². The minimum atomic E-state index is -0.873. The van der Waals surface area contributed by atoms with E-state index in [1.165, 1.54) is 6.33 Å². The maximum Gasteiger partial charge on any atom is 0.151 e. The number of hydrogen-bond donors (Lipinski definition) is 3. The number of aliphatic hydroxyl groups excluding tert-OH is 2. The fraction of sp³-hybridized carbons (Fsp3) is 0.417. The summed E-state index contributed by atoms with van der Waals surface area (Å²) in [7, 11) is 0. The Morgan fingerprint density at radius 3 is 2.90 bits per heavy atom. The zero-order valence-corrected chi connectivity index (χ0v) is 12.3. The van der Waals surface area contributed by atoms with Gasteiger partial charge < -0.3 is 25.3 Å². The number of ether oxygens (including phenoxy) is 1. The van der Waals surface area contributed by atoms with Crippen LogP contribution in [0.15, 0.2) is 12.5 Å². The summed E-state index contributed by atoms with van der Waals surface area (Å²) in [4.78, 5) is 7.57. The first-order chi connectivity index (χ1) is 10.1. The summed E-state index contributed by atoms with van der Waals surface area (Å²) >= 11 is 3.36. The lowest BCUT2D eigenvalue weighted by atomic mass is 10.2. The molecule has 1 aliphatic rings. The molecule has 2 aromatic heterocycles. The van der Waals surface area contributed by atoms with Crippen molar-refractivity contribution in [3.05, 3.63) is 18.1 Å². The number of alkyl halides is 1. The molecule has 0 aliphatic carbocycles. The van der Waals surface area contributed by atoms with E-state index in [9.17, 15) is 15.5 Å². The van der Waals surface area contributed by atoms with Crippen LogP contribution in [0.4, 0.5) is 5.82 Å². The van der Waals surface area contributed by atoms with Crippen LogP contribution in [0.1, 0.15) is 11.8 Å². The molecule has 8 nitrogen and oxygen atoms in total. The normalized spacial score (nSPS) is 28.9. The fourth-order valence-electron chi connectivity index (χ4n) is 2.47. The number of aliphatic hydroxyl groups is 2. The van der Waals surface area contributed by atoms with E-state index in [2.05, 4.69) is 25.9 Å². The van der Waals surface area contributed by atoms with E-state index in [0.717, 1.165) is 0 Å². The lowest BCUT2D eigenvalue weighted by Gasteiger charge is -2.16. The van der Waals surface area contributed by atoms with Crippen molar-refractivity contribution in [3.63, 3.8) is 0 Å². The maximum absolute atomic E-state index is 10.0. The van der Waals surface area contributed by atoms with Crippen LogP contribution in [0.25, 0.3) is 11.0 Å². The molecule has 1 fully saturated rings. The first-order valence-electron chi connectivity index (χ1n) is 6.18. The topological polar surface area (TPSA) is 130 Å². The lowest BCUT2D eigenvalue weighted by Crippen LogP contribution is -2.29. The van der Waals surface area contributed by atoms with Gasteiger partial charge in [0.05, 0.1) is 28.5 Å². The molecule has 0 bridgehead atoms. The van der Waals surface area contributed by atoms with Crippen molar-refractivity contribution in [2.45, 2.75) is 23.3 Å². The van der Waals surface area contributed by atoms with Crippen LogP contribution in [0.2, 0.25) is 0 Å². The van der Waals surface area contributed by atoms with Crippen molar-refractivity contribution in [2.24, 2.45) is 0 Å². The molecule has 1 aliphatic heterocycles. The summed E-state index contributed by atoms with van der Waals surface area (Å²) in [5, 5.41) is 28.9. The van der Waals surface area contributed by atoms with Gasteiger partial charge in [0.15, 0.2) is 6.23 Å². The van der Waals surface area contributed by atoms with Crippen LogP contribution in [0.5, 0.6) is 0 Å². The molecule has 3 rings (SSSR count). The van der Waals surface area contributed by atoms with E-state index in [0.29, 0.717) is 16.6 Å². The summed E-state index contributed by atoms with van der Waals surface area (Å²) in [6, 6.07) is 2.04. The molecule has 0 saturated carbocycles. The molecule has 0 aromatic carbocycles. The first-order valence-corrected chi connectivity index (χ1v) is 7.09. The van der Waals surface area contributed by atoms with Crippen LogP contribution in [0, 0.1) is 11.3 Å². The smallest absolute Gasteiger partial charge is 0.151 e. The number of fused-ring (bicyclic) bond motifs is 1. The van der Waals surface area contributed by atoms with Gasteiger partial charge in [-0.3, -0.25) is 0 Å². The van der Waals surface area contributed by atoms with Crippen molar-refractivity contribution < 1.29 is 14.9 Å². The molecule has 1 saturated heterocycles. The lowest BCUT2D eigenvalue weighted by molar-refractivity contribution is -0.0428. The van der Waals surface area contributed by atoms with Gasteiger partial charge in [0.25, 0.3) is 0 Å². The van der Waals surface area contributed by atoms with Gasteiger partial charge in [-0.05, 0) is 0 Å². The number of aromatic nitrogens is 3. The highest BCUT2D eigenvalue weighted by atomic mass is 79.9. The van der Waals surface area contributed by atoms with Gasteiger partial charge in [-0.25, -0.2) is 9.97 Å². The molecular weight excluding hydrogens is 342 g/mol. The van der Waals surface area contributed by atoms with E-state index < -0.39 is 23.3 Å². The second kappa shape index (κ2) is 5.23. The molecule has 2 aromatic rings. The minimum Gasteiger partial charge on any atom is -0.394 e. The maximum atomic E-state index is 10.0. The number of nitrogens with zero attached hydrogens (tertiary/aromatic N) is 4. The zero-order valence-electron chi connectivity index (χ0n) is 10.7. The van der Waals surface area contributed by atoms with Crippen molar-refractivity contribution in [2.75, 3.05) is 12.3 Å². The predicted molar refractivity (Wildman–Crippen MR) is 76.4 cm³/mol. The highest BCUT2D eigenvalue weighted by molar-refractivity contribution is 9.09. The Labute approximate surface area is 127 Å². The van der Waals surface area contributed by atoms with E-state index in [1.807, 2.05) is 6.07 Å². The standard InChI is InChI=1S/C12H12BrN5O3/c13-8-9(20)6(3-19)21-12(8)18-2-5(1-14)7-10(15)16-4-17-11(7)18/h2,4,6,8-9,12,19-20H,3H2,(H2,15,16,17)/t6-,8-,9-,12-/m1/s1. The summed E-state index contributed by atoms with van der Waals surface area (Å²) in [6.45, 7) is -0.304. The largest absolute Gasteiger partial charge is 0.394 e. The molecule has 4 atom stereocenters. The molecule has 0 unspecified atom stereocenters. The van der Waals surface area contributed by atoms with E-state index in [-0.39, 0.29) is 12.4 Å². The highest BCUT2D eigenvalue weighted by Crippen LogP contribution is 2.37. The number of halogens is 1. The molecule has 110 valence electrons. The summed E-state index contributed by atoms with van der Waals surface area (Å²) in [6.07, 6.45) is 0.661. The average Bonchev–Trinajstić information content (AvgIpc) is 2.99. The summed E-state index contributed by atoms with van der Waals surface area (Å²) in [5.74, 6) is 0.207. The van der Waals surface area contributed by atoms with Crippen LogP contribution < -0.4 is 5.73 Å². The molecule has 0 spiro atoms. The van der Waals surface area contributed by atoms with E-state index >= 15 is 0 Å². The molecule has 0 radical (unpaired) electrons. The Kier molecular flexibility index (Phi) is 3.54. The zero-order chi connectivity index (χ0) is 15.1. The fourth-order valence-corrected chi connectivity index (χ4v) is 3.19. The van der Waals surface area contributed by atoms with Gasteiger partial charge >= 0.3 is 0 Å². The Bertz CT molecular complexity index is 727. The number of anilines is 1. The number of nitriles is 1. The van der Waals surface area contributed by atoms with Crippen LogP contribution in [-0.4, -0.2) is 48.4 Å². The van der Waals surface area contributed by atoms with Gasteiger partial charge in [-0.1, -0.05) is 15.9 Å². The third-order valence-corrected chi connectivity index (χ3v) is 4.50. The third kappa shape index (κ3) is 2.08. The van der Waals surface area contributed by atoms with Gasteiger partial charge in [-0.2, -0.15) is 5.26 Å². The minimum absolute atomic E-state index is 0.207. The number of nitrogens with two attached hydrogens (primary N) is 1. The van der Waals surface area contributed by atoms with Gasteiger partial charge in [0.2, 0.25) is 0 Å². The molecule has 0 amide bonds.